The van der Waals surface area contributed by atoms with Crippen molar-refractivity contribution >= 4 is 17.6 Å². The molecule has 1 aromatic rings. The molecule has 1 aliphatic heterocycles. The van der Waals surface area contributed by atoms with Crippen LogP contribution in [0.2, 0.25) is 0 Å². The largest absolute Gasteiger partial charge is 0.478 e. The maximum Gasteiger partial charge on any atom is 0.335 e. The molecule has 1 aromatic carbocycles. The molecular weight excluding hydrogens is 256 g/mol. The van der Waals surface area contributed by atoms with E-state index in [0.717, 1.165) is 24.2 Å². The predicted octanol–water partition coefficient (Wildman–Crippen LogP) is 1.44. The van der Waals surface area contributed by atoms with E-state index in [1.807, 2.05) is 17.9 Å². The number of amides is 1. The van der Waals surface area contributed by atoms with Crippen LogP contribution < -0.4 is 10.2 Å². The topological polar surface area (TPSA) is 69.6 Å². The Hall–Kier alpha value is -2.30. The predicted molar refractivity (Wildman–Crippen MR) is 77.1 cm³/mol. The molecule has 0 bridgehead atoms. The van der Waals surface area contributed by atoms with Crippen molar-refractivity contribution in [2.45, 2.75) is 19.4 Å². The lowest BCUT2D eigenvalue weighted by atomic mass is 10.1. The van der Waals surface area contributed by atoms with Crippen molar-refractivity contribution in [3.8, 4) is 0 Å². The second-order valence-corrected chi connectivity index (χ2v) is 4.80. The molecule has 0 saturated carbocycles. The van der Waals surface area contributed by atoms with E-state index in [1.54, 1.807) is 18.2 Å². The molecule has 2 rings (SSSR count). The van der Waals surface area contributed by atoms with Crippen molar-refractivity contribution in [1.29, 1.82) is 0 Å². The molecule has 2 N–H and O–H groups in total. The monoisotopic (exact) mass is 274 g/mol. The zero-order valence-corrected chi connectivity index (χ0v) is 11.4. The van der Waals surface area contributed by atoms with Crippen LogP contribution in [0.25, 0.3) is 0 Å². The highest BCUT2D eigenvalue weighted by Gasteiger charge is 2.28. The zero-order chi connectivity index (χ0) is 14.7. The fourth-order valence-electron chi connectivity index (χ4n) is 2.40. The van der Waals surface area contributed by atoms with Gasteiger partial charge in [-0.3, -0.25) is 4.79 Å². The van der Waals surface area contributed by atoms with Crippen LogP contribution >= 0.6 is 0 Å². The summed E-state index contributed by atoms with van der Waals surface area (Å²) < 4.78 is 0. The second kappa shape index (κ2) is 5.77. The fourth-order valence-corrected chi connectivity index (χ4v) is 2.40. The molecule has 0 radical (unpaired) electrons. The molecule has 1 unspecified atom stereocenters. The lowest BCUT2D eigenvalue weighted by Gasteiger charge is -2.26. The maximum atomic E-state index is 12.0. The molecule has 5 nitrogen and oxygen atoms in total. The van der Waals surface area contributed by atoms with Gasteiger partial charge in [-0.25, -0.2) is 4.79 Å². The van der Waals surface area contributed by atoms with Gasteiger partial charge in [0.1, 0.15) is 6.04 Å². The standard InChI is InChI=1S/C15H18N2O3/c1-3-7-16-14(18)10(2)17-8-6-11-4-5-12(15(19)20)9-13(11)17/h3-5,9-10H,1,6-8H2,2H3,(H,16,18)(H,19,20). The minimum absolute atomic E-state index is 0.0847. The number of carbonyl (C=O) groups is 2. The number of fused-ring (bicyclic) bond motifs is 1. The van der Waals surface area contributed by atoms with Gasteiger partial charge in [-0.1, -0.05) is 12.1 Å². The summed E-state index contributed by atoms with van der Waals surface area (Å²) in [6.45, 7) is 6.54. The van der Waals surface area contributed by atoms with Gasteiger partial charge in [-0.2, -0.15) is 0 Å². The zero-order valence-electron chi connectivity index (χ0n) is 11.4. The van der Waals surface area contributed by atoms with E-state index in [1.165, 1.54) is 0 Å². The number of aromatic carboxylic acids is 1. The van der Waals surface area contributed by atoms with Crippen LogP contribution in [0.15, 0.2) is 30.9 Å². The summed E-state index contributed by atoms with van der Waals surface area (Å²) in [5.74, 6) is -1.04. The molecule has 106 valence electrons. The van der Waals surface area contributed by atoms with Crippen molar-refractivity contribution in [2.75, 3.05) is 18.0 Å². The van der Waals surface area contributed by atoms with E-state index in [2.05, 4.69) is 11.9 Å². The van der Waals surface area contributed by atoms with Gasteiger partial charge >= 0.3 is 5.97 Å². The normalized spacial score (nSPS) is 14.6. The Morgan fingerprint density at radius 1 is 1.55 bits per heavy atom. The number of rotatable bonds is 5. The van der Waals surface area contributed by atoms with E-state index in [9.17, 15) is 9.59 Å². The van der Waals surface area contributed by atoms with Crippen LogP contribution in [0.1, 0.15) is 22.8 Å². The van der Waals surface area contributed by atoms with E-state index in [0.29, 0.717) is 6.54 Å². The molecule has 0 spiro atoms. The van der Waals surface area contributed by atoms with Crippen LogP contribution in [0.5, 0.6) is 0 Å². The van der Waals surface area contributed by atoms with E-state index in [4.69, 9.17) is 5.11 Å². The number of nitrogens with one attached hydrogen (secondary N) is 1. The molecule has 1 amide bonds. The van der Waals surface area contributed by atoms with Crippen molar-refractivity contribution in [3.63, 3.8) is 0 Å². The highest BCUT2D eigenvalue weighted by Crippen LogP contribution is 2.30. The Kier molecular flexibility index (Phi) is 4.08. The second-order valence-electron chi connectivity index (χ2n) is 4.80. The minimum atomic E-state index is -0.955. The number of nitrogens with zero attached hydrogens (tertiary/aromatic N) is 1. The summed E-state index contributed by atoms with van der Waals surface area (Å²) in [5, 5.41) is 11.8. The number of anilines is 1. The van der Waals surface area contributed by atoms with Crippen LogP contribution in [0.4, 0.5) is 5.69 Å². The first kappa shape index (κ1) is 14.1. The summed E-state index contributed by atoms with van der Waals surface area (Å²) in [6, 6.07) is 4.74. The summed E-state index contributed by atoms with van der Waals surface area (Å²) in [4.78, 5) is 25.0. The molecule has 1 heterocycles. The van der Waals surface area contributed by atoms with E-state index >= 15 is 0 Å². The SMILES string of the molecule is C=CCNC(=O)C(C)N1CCc2ccc(C(=O)O)cc21. The lowest BCUT2D eigenvalue weighted by Crippen LogP contribution is -2.44. The summed E-state index contributed by atoms with van der Waals surface area (Å²) in [7, 11) is 0. The first-order chi connectivity index (χ1) is 9.54. The first-order valence-electron chi connectivity index (χ1n) is 6.56. The van der Waals surface area contributed by atoms with Gasteiger partial charge < -0.3 is 15.3 Å². The summed E-state index contributed by atoms with van der Waals surface area (Å²) in [5.41, 5.74) is 2.17. The Morgan fingerprint density at radius 3 is 2.95 bits per heavy atom. The smallest absolute Gasteiger partial charge is 0.335 e. The first-order valence-corrected chi connectivity index (χ1v) is 6.56. The fraction of sp³-hybridized carbons (Fsp3) is 0.333. The van der Waals surface area contributed by atoms with Crippen LogP contribution in [0, 0.1) is 0 Å². The van der Waals surface area contributed by atoms with Gasteiger partial charge in [0, 0.05) is 18.8 Å². The maximum absolute atomic E-state index is 12.0. The van der Waals surface area contributed by atoms with Gasteiger partial charge in [0.2, 0.25) is 5.91 Å². The number of hydrogen-bond acceptors (Lipinski definition) is 3. The third kappa shape index (κ3) is 2.66. The molecule has 0 saturated heterocycles. The quantitative estimate of drug-likeness (QED) is 0.797. The van der Waals surface area contributed by atoms with Gasteiger partial charge in [0.25, 0.3) is 0 Å². The van der Waals surface area contributed by atoms with Gasteiger partial charge in [0.05, 0.1) is 5.56 Å². The molecule has 5 heteroatoms. The highest BCUT2D eigenvalue weighted by atomic mass is 16.4. The molecule has 20 heavy (non-hydrogen) atoms. The number of hydrogen-bond donors (Lipinski definition) is 2. The Labute approximate surface area is 117 Å². The number of benzene rings is 1. The van der Waals surface area contributed by atoms with Crippen LogP contribution in [0.3, 0.4) is 0 Å². The van der Waals surface area contributed by atoms with E-state index < -0.39 is 5.97 Å². The Bertz CT molecular complexity index is 554. The average Bonchev–Trinajstić information content (AvgIpc) is 2.86. The number of carboxylic acid groups (broad SMARTS) is 1. The summed E-state index contributed by atoms with van der Waals surface area (Å²) in [6.07, 6.45) is 2.46. The van der Waals surface area contributed by atoms with Crippen molar-refractivity contribution in [1.82, 2.24) is 5.32 Å². The molecule has 0 aliphatic carbocycles. The summed E-state index contributed by atoms with van der Waals surface area (Å²) >= 11 is 0. The molecular formula is C15H18N2O3. The molecule has 0 fully saturated rings. The lowest BCUT2D eigenvalue weighted by molar-refractivity contribution is -0.121. The highest BCUT2D eigenvalue weighted by molar-refractivity contribution is 5.91. The number of carboxylic acids is 1. The molecule has 1 aliphatic rings. The molecule has 1 atom stereocenters. The van der Waals surface area contributed by atoms with E-state index in [-0.39, 0.29) is 17.5 Å². The third-order valence-electron chi connectivity index (χ3n) is 3.53. The third-order valence-corrected chi connectivity index (χ3v) is 3.53. The van der Waals surface area contributed by atoms with Crippen LogP contribution in [-0.4, -0.2) is 36.1 Å². The number of carbonyl (C=O) groups excluding carboxylic acids is 1. The Balaban J connectivity index is 2.21. The van der Waals surface area contributed by atoms with Gasteiger partial charge in [-0.15, -0.1) is 6.58 Å². The van der Waals surface area contributed by atoms with Crippen molar-refractivity contribution in [2.24, 2.45) is 0 Å². The average molecular weight is 274 g/mol. The molecule has 0 aromatic heterocycles. The van der Waals surface area contributed by atoms with Gasteiger partial charge in [0.15, 0.2) is 0 Å². The van der Waals surface area contributed by atoms with Gasteiger partial charge in [-0.05, 0) is 31.0 Å². The van der Waals surface area contributed by atoms with Crippen LogP contribution in [-0.2, 0) is 11.2 Å². The van der Waals surface area contributed by atoms with Crippen molar-refractivity contribution < 1.29 is 14.7 Å². The van der Waals surface area contributed by atoms with Crippen molar-refractivity contribution in [3.05, 3.63) is 42.0 Å². The minimum Gasteiger partial charge on any atom is -0.478 e. The Morgan fingerprint density at radius 2 is 2.30 bits per heavy atom.